The number of fused-ring (bicyclic) bond motifs is 1. The van der Waals surface area contributed by atoms with E-state index in [-0.39, 0.29) is 48.3 Å². The smallest absolute Gasteiger partial charge is 0.315 e. The molecular weight excluding hydrogens is 675 g/mol. The van der Waals surface area contributed by atoms with Crippen LogP contribution in [0.3, 0.4) is 0 Å². The Morgan fingerprint density at radius 3 is 2.31 bits per heavy atom. The van der Waals surface area contributed by atoms with Crippen molar-refractivity contribution in [2.75, 3.05) is 26.7 Å². The molecule has 5 N–H and O–H groups in total. The first-order valence-corrected chi connectivity index (χ1v) is 18.5. The number of aliphatic hydroxyl groups is 1. The lowest BCUT2D eigenvalue weighted by atomic mass is 9.85. The molecular formula is C36H55N7O7S. The quantitative estimate of drug-likeness (QED) is 0.141. The summed E-state index contributed by atoms with van der Waals surface area (Å²) in [5.41, 5.74) is -1.65. The third-order valence-electron chi connectivity index (χ3n) is 9.99. The lowest BCUT2D eigenvalue weighted by Gasteiger charge is -2.39. The van der Waals surface area contributed by atoms with Crippen LogP contribution in [0.2, 0.25) is 0 Å². The van der Waals surface area contributed by atoms with Gasteiger partial charge < -0.3 is 31.3 Å². The number of aliphatic hydroxyl groups excluding tert-OH is 1. The van der Waals surface area contributed by atoms with Crippen LogP contribution in [-0.2, 0) is 24.4 Å². The second-order valence-corrected chi connectivity index (χ2v) is 18.2. The van der Waals surface area contributed by atoms with Gasteiger partial charge in [0.1, 0.15) is 12.1 Å². The van der Waals surface area contributed by atoms with E-state index in [9.17, 15) is 32.7 Å². The molecule has 282 valence electrons. The van der Waals surface area contributed by atoms with Gasteiger partial charge in [0.15, 0.2) is 11.1 Å². The number of hydrogen-bond donors (Lipinski definition) is 5. The van der Waals surface area contributed by atoms with Crippen molar-refractivity contribution in [3.63, 3.8) is 0 Å². The zero-order valence-corrected chi connectivity index (χ0v) is 32.0. The molecule has 2 fully saturated rings. The predicted molar refractivity (Wildman–Crippen MR) is 193 cm³/mol. The van der Waals surface area contributed by atoms with Crippen LogP contribution < -0.4 is 21.3 Å². The minimum atomic E-state index is -3.95. The maximum Gasteiger partial charge on any atom is 0.315 e. The van der Waals surface area contributed by atoms with Crippen LogP contribution in [0.5, 0.6) is 0 Å². The average molecular weight is 730 g/mol. The molecule has 1 aromatic rings. The van der Waals surface area contributed by atoms with Gasteiger partial charge in [0.25, 0.3) is 15.9 Å². The minimum absolute atomic E-state index is 0.0143. The second-order valence-electron chi connectivity index (χ2n) is 16.2. The Morgan fingerprint density at radius 2 is 1.78 bits per heavy atom. The molecule has 1 saturated heterocycles. The molecule has 1 aliphatic heterocycles. The highest BCUT2D eigenvalue weighted by molar-refractivity contribution is 7.89. The van der Waals surface area contributed by atoms with Crippen LogP contribution in [0.1, 0.15) is 61.8 Å². The third-order valence-corrected chi connectivity index (χ3v) is 11.7. The summed E-state index contributed by atoms with van der Waals surface area (Å²) >= 11 is 0. The Labute approximate surface area is 302 Å². The lowest BCUT2D eigenvalue weighted by Crippen LogP contribution is -2.63. The zero-order valence-electron chi connectivity index (χ0n) is 31.2. The fourth-order valence-electron chi connectivity index (χ4n) is 6.61. The van der Waals surface area contributed by atoms with E-state index >= 15 is 0 Å². The summed E-state index contributed by atoms with van der Waals surface area (Å²) in [6.07, 6.45) is 6.58. The van der Waals surface area contributed by atoms with Gasteiger partial charge in [-0.25, -0.2) is 18.2 Å². The molecule has 7 atom stereocenters. The Kier molecular flexibility index (Phi) is 12.8. The van der Waals surface area contributed by atoms with Crippen molar-refractivity contribution in [3.8, 4) is 12.3 Å². The van der Waals surface area contributed by atoms with Gasteiger partial charge in [-0.15, -0.1) is 18.9 Å². The zero-order chi connectivity index (χ0) is 38.7. The number of likely N-dealkylation sites (N-methyl/N-ethyl adjacent to an activating group) is 1. The monoisotopic (exact) mass is 729 g/mol. The van der Waals surface area contributed by atoms with Gasteiger partial charge in [-0.3, -0.25) is 14.4 Å². The number of aromatic nitrogens is 1. The first-order chi connectivity index (χ1) is 23.5. The van der Waals surface area contributed by atoms with Gasteiger partial charge in [-0.05, 0) is 40.2 Å². The largest absolute Gasteiger partial charge is 0.381 e. The molecule has 2 heterocycles. The van der Waals surface area contributed by atoms with E-state index in [0.29, 0.717) is 0 Å². The normalized spacial score (nSPS) is 22.0. The Balaban J connectivity index is 1.83. The van der Waals surface area contributed by atoms with Crippen molar-refractivity contribution in [3.05, 3.63) is 37.1 Å². The van der Waals surface area contributed by atoms with Crippen LogP contribution in [0.25, 0.3) is 0 Å². The molecule has 15 heteroatoms. The number of hydrogen-bond acceptors (Lipinski definition) is 8. The van der Waals surface area contributed by atoms with Gasteiger partial charge in [-0.2, -0.15) is 4.31 Å². The van der Waals surface area contributed by atoms with Crippen molar-refractivity contribution in [2.24, 2.45) is 28.1 Å². The van der Waals surface area contributed by atoms with Crippen molar-refractivity contribution in [1.29, 1.82) is 0 Å². The molecule has 1 aromatic heterocycles. The highest BCUT2D eigenvalue weighted by atomic mass is 32.2. The molecule has 0 spiro atoms. The number of pyridine rings is 1. The van der Waals surface area contributed by atoms with Gasteiger partial charge in [0.05, 0.1) is 6.04 Å². The van der Waals surface area contributed by atoms with Crippen LogP contribution >= 0.6 is 0 Å². The van der Waals surface area contributed by atoms with Gasteiger partial charge >= 0.3 is 6.03 Å². The molecule has 5 amide bonds. The van der Waals surface area contributed by atoms with Gasteiger partial charge in [0, 0.05) is 45.3 Å². The highest BCUT2D eigenvalue weighted by Gasteiger charge is 2.70. The Hall–Kier alpha value is -4.00. The molecule has 1 aliphatic carbocycles. The fourth-order valence-corrected chi connectivity index (χ4v) is 7.72. The number of carbonyl (C=O) groups is 4. The maximum atomic E-state index is 14.4. The number of nitrogens with one attached hydrogen (secondary N) is 4. The topological polar surface area (TPSA) is 190 Å². The van der Waals surface area contributed by atoms with E-state index in [2.05, 4.69) is 38.8 Å². The summed E-state index contributed by atoms with van der Waals surface area (Å²) in [4.78, 5) is 60.0. The van der Waals surface area contributed by atoms with Gasteiger partial charge in [0.2, 0.25) is 11.8 Å². The summed E-state index contributed by atoms with van der Waals surface area (Å²) in [7, 11) is -2.54. The molecule has 0 aromatic carbocycles. The number of amides is 5. The van der Waals surface area contributed by atoms with Crippen molar-refractivity contribution in [1.82, 2.24) is 35.5 Å². The summed E-state index contributed by atoms with van der Waals surface area (Å²) in [5.74, 6) is 0.455. The summed E-state index contributed by atoms with van der Waals surface area (Å²) in [6.45, 7) is 18.8. The van der Waals surface area contributed by atoms with Gasteiger partial charge in [-0.1, -0.05) is 67.5 Å². The fraction of sp³-hybridized carbons (Fsp3) is 0.639. The second kappa shape index (κ2) is 15.7. The van der Waals surface area contributed by atoms with Crippen LogP contribution in [0.15, 0.2) is 42.1 Å². The van der Waals surface area contributed by atoms with Crippen LogP contribution in [-0.4, -0.2) is 108 Å². The molecule has 0 radical (unpaired) electrons. The van der Waals surface area contributed by atoms with E-state index in [0.717, 1.165) is 4.31 Å². The number of carbonyl (C=O) groups excluding carboxylic acids is 4. The number of likely N-dealkylation sites (tertiary alicyclic amines) is 1. The van der Waals surface area contributed by atoms with E-state index in [1.807, 2.05) is 34.6 Å². The van der Waals surface area contributed by atoms with E-state index < -0.39 is 74.9 Å². The van der Waals surface area contributed by atoms with Crippen LogP contribution in [0.4, 0.5) is 4.79 Å². The summed E-state index contributed by atoms with van der Waals surface area (Å²) < 4.78 is 27.5. The van der Waals surface area contributed by atoms with Crippen molar-refractivity contribution < 1.29 is 32.7 Å². The first-order valence-electron chi connectivity index (χ1n) is 17.1. The summed E-state index contributed by atoms with van der Waals surface area (Å²) in [5, 5.41) is 21.5. The average Bonchev–Trinajstić information content (AvgIpc) is 3.34. The molecule has 2 aliphatic rings. The number of piperidine rings is 1. The van der Waals surface area contributed by atoms with E-state index in [4.69, 9.17) is 6.42 Å². The Bertz CT molecular complexity index is 1610. The lowest BCUT2D eigenvalue weighted by molar-refractivity contribution is -0.144. The number of terminal acetylenes is 1. The van der Waals surface area contributed by atoms with E-state index in [1.54, 1.807) is 32.9 Å². The maximum absolute atomic E-state index is 14.4. The molecule has 51 heavy (non-hydrogen) atoms. The summed E-state index contributed by atoms with van der Waals surface area (Å²) in [6, 6.07) is 0.0911. The predicted octanol–water partition coefficient (Wildman–Crippen LogP) is 1.48. The molecule has 3 rings (SSSR count). The van der Waals surface area contributed by atoms with Crippen molar-refractivity contribution in [2.45, 2.75) is 97.1 Å². The minimum Gasteiger partial charge on any atom is -0.381 e. The molecule has 2 unspecified atom stereocenters. The standard InChI is InChI=1S/C36H55N7O7S/c1-12-16-23(28(44)31(46)38-18-13-2)39-30(45)27-26-22(36(26,9)10)20-43(27)32(47)29(35(6,7)8)41-33(48)40-24(34(3,4)5)21-42(11)51(49,50)25-17-14-15-19-37-25/h1,13-15,17,19,22-24,26-29,44H,2,16,18,20-21H2,3-11H3,(H,38,46)(H,39,45)(H2,40,41,48)/t22-,23?,24+,26-,27-,28?,29+/m0/s1. The van der Waals surface area contributed by atoms with Crippen molar-refractivity contribution >= 4 is 33.8 Å². The first kappa shape index (κ1) is 41.4. The number of urea groups is 1. The highest BCUT2D eigenvalue weighted by Crippen LogP contribution is 2.65. The Morgan fingerprint density at radius 1 is 1.14 bits per heavy atom. The molecule has 14 nitrogen and oxygen atoms in total. The number of rotatable bonds is 14. The number of sulfonamides is 1. The molecule has 1 saturated carbocycles. The van der Waals surface area contributed by atoms with E-state index in [1.165, 1.54) is 30.3 Å². The SMILES string of the molecule is C#CCC(NC(=O)[C@@H]1[C@@H]2[C@H](CN1C(=O)[C@@H](NC(=O)N[C@H](CN(C)S(=O)(=O)c1ccccn1)C(C)(C)C)C(C)(C)C)C2(C)C)C(O)C(=O)NCC=C. The van der Waals surface area contributed by atoms with Crippen LogP contribution in [0, 0.1) is 40.4 Å². The number of nitrogens with zero attached hydrogens (tertiary/aromatic N) is 3. The third kappa shape index (κ3) is 9.46. The molecule has 0 bridgehead atoms.